The van der Waals surface area contributed by atoms with Gasteiger partial charge in [0.25, 0.3) is 5.91 Å². The van der Waals surface area contributed by atoms with E-state index in [1.165, 1.54) is 42.0 Å². The summed E-state index contributed by atoms with van der Waals surface area (Å²) >= 11 is 1.43. The summed E-state index contributed by atoms with van der Waals surface area (Å²) in [6.07, 6.45) is 5.68. The summed E-state index contributed by atoms with van der Waals surface area (Å²) in [6.45, 7) is 6.95. The second-order valence-corrected chi connectivity index (χ2v) is 9.19. The highest BCUT2D eigenvalue weighted by Crippen LogP contribution is 2.26. The highest BCUT2D eigenvalue weighted by Gasteiger charge is 2.27. The van der Waals surface area contributed by atoms with E-state index >= 15 is 0 Å². The largest absolute Gasteiger partial charge is 0.297 e. The number of anilines is 2. The first-order valence-electron chi connectivity index (χ1n) is 11.0. The molecule has 2 amide bonds. The number of hydrogen-bond acceptors (Lipinski definition) is 6. The predicted molar refractivity (Wildman–Crippen MR) is 125 cm³/mol. The topological polar surface area (TPSA) is 77.9 Å². The number of aryl methyl sites for hydroxylation is 2. The predicted octanol–water partition coefficient (Wildman–Crippen LogP) is 4.26. The van der Waals surface area contributed by atoms with Gasteiger partial charge < -0.3 is 0 Å². The number of hydrogen-bond donors (Lipinski definition) is 1. The average molecular weight is 440 g/mol. The molecule has 0 aliphatic carbocycles. The number of thiazole rings is 1. The smallest absolute Gasteiger partial charge is 0.273 e. The lowest BCUT2D eigenvalue weighted by Crippen LogP contribution is -2.36. The van der Waals surface area contributed by atoms with Crippen LogP contribution < -0.4 is 10.3 Å². The van der Waals surface area contributed by atoms with Crippen molar-refractivity contribution in [3.05, 3.63) is 40.4 Å². The van der Waals surface area contributed by atoms with E-state index in [-0.39, 0.29) is 18.2 Å². The number of hydrazone groups is 1. The summed E-state index contributed by atoms with van der Waals surface area (Å²) in [4.78, 5) is 32.3. The number of carbonyl (C=O) groups excluding carboxylic acids is 2. The average Bonchev–Trinajstić information content (AvgIpc) is 3.02. The standard InChI is InChI=1S/C23H29N5O2S/c1-16-7-8-17(2)20(13-16)28-21(29)10-9-19(26-28)22(30)25-23-24-18(15-31-23)14-27-11-5-3-4-6-12-27/h7-8,13,15H,3-6,9-12,14H2,1-2H3,(H,24,25,30). The zero-order valence-corrected chi connectivity index (χ0v) is 19.0. The first-order valence-corrected chi connectivity index (χ1v) is 11.8. The molecule has 8 heteroatoms. The molecular weight excluding hydrogens is 410 g/mol. The SMILES string of the molecule is Cc1ccc(C)c(N2N=C(C(=O)Nc3nc(CN4CCCCCC4)cs3)CCC2=O)c1. The van der Waals surface area contributed by atoms with E-state index in [2.05, 4.69) is 20.3 Å². The van der Waals surface area contributed by atoms with Crippen molar-refractivity contribution in [1.29, 1.82) is 0 Å². The Kier molecular flexibility index (Phi) is 6.77. The van der Waals surface area contributed by atoms with Crippen molar-refractivity contribution in [2.24, 2.45) is 5.10 Å². The Balaban J connectivity index is 1.44. The lowest BCUT2D eigenvalue weighted by atomic mass is 10.1. The van der Waals surface area contributed by atoms with Crippen LogP contribution in [0, 0.1) is 13.8 Å². The molecule has 0 spiro atoms. The molecule has 0 unspecified atom stereocenters. The first kappa shape index (κ1) is 21.6. The van der Waals surface area contributed by atoms with Crippen molar-refractivity contribution in [2.75, 3.05) is 23.4 Å². The van der Waals surface area contributed by atoms with Crippen LogP contribution in [0.1, 0.15) is 55.3 Å². The van der Waals surface area contributed by atoms with Crippen molar-refractivity contribution in [3.8, 4) is 0 Å². The molecule has 1 N–H and O–H groups in total. The van der Waals surface area contributed by atoms with Crippen LogP contribution in [-0.4, -0.2) is 40.5 Å². The maximum absolute atomic E-state index is 12.8. The van der Waals surface area contributed by atoms with E-state index < -0.39 is 0 Å². The first-order chi connectivity index (χ1) is 15.0. The Bertz CT molecular complexity index is 992. The van der Waals surface area contributed by atoms with Gasteiger partial charge in [0.05, 0.1) is 11.4 Å². The number of aromatic nitrogens is 1. The van der Waals surface area contributed by atoms with Gasteiger partial charge in [0.2, 0.25) is 5.91 Å². The minimum absolute atomic E-state index is 0.0979. The Morgan fingerprint density at radius 1 is 1.13 bits per heavy atom. The van der Waals surface area contributed by atoms with Gasteiger partial charge in [-0.2, -0.15) is 5.10 Å². The van der Waals surface area contributed by atoms with Gasteiger partial charge in [0, 0.05) is 24.8 Å². The van der Waals surface area contributed by atoms with E-state index in [4.69, 9.17) is 0 Å². The van der Waals surface area contributed by atoms with Crippen LogP contribution in [0.15, 0.2) is 28.7 Å². The van der Waals surface area contributed by atoms with Crippen LogP contribution in [-0.2, 0) is 16.1 Å². The second-order valence-electron chi connectivity index (χ2n) is 8.33. The molecule has 3 heterocycles. The monoisotopic (exact) mass is 439 g/mol. The number of amides is 2. The molecule has 0 bridgehead atoms. The molecule has 7 nitrogen and oxygen atoms in total. The minimum Gasteiger partial charge on any atom is -0.297 e. The van der Waals surface area contributed by atoms with Crippen molar-refractivity contribution in [2.45, 2.75) is 58.9 Å². The summed E-state index contributed by atoms with van der Waals surface area (Å²) < 4.78 is 0. The van der Waals surface area contributed by atoms with Gasteiger partial charge in [-0.05, 0) is 57.0 Å². The van der Waals surface area contributed by atoms with Crippen LogP contribution in [0.2, 0.25) is 0 Å². The fraction of sp³-hybridized carbons (Fsp3) is 0.478. The van der Waals surface area contributed by atoms with E-state index in [1.54, 1.807) is 0 Å². The zero-order chi connectivity index (χ0) is 21.8. The number of nitrogens with one attached hydrogen (secondary N) is 1. The third-order valence-corrected chi connectivity index (χ3v) is 6.55. The zero-order valence-electron chi connectivity index (χ0n) is 18.2. The number of benzene rings is 1. The quantitative estimate of drug-likeness (QED) is 0.755. The van der Waals surface area contributed by atoms with Crippen LogP contribution in [0.3, 0.4) is 0 Å². The highest BCUT2D eigenvalue weighted by molar-refractivity contribution is 7.14. The van der Waals surface area contributed by atoms with Gasteiger partial charge in [-0.3, -0.25) is 19.8 Å². The van der Waals surface area contributed by atoms with Crippen LogP contribution >= 0.6 is 11.3 Å². The van der Waals surface area contributed by atoms with Crippen LogP contribution in [0.4, 0.5) is 10.8 Å². The van der Waals surface area contributed by atoms with Gasteiger partial charge in [-0.25, -0.2) is 9.99 Å². The molecule has 2 aromatic rings. The fourth-order valence-electron chi connectivity index (χ4n) is 3.98. The second kappa shape index (κ2) is 9.70. The lowest BCUT2D eigenvalue weighted by molar-refractivity contribution is -0.118. The minimum atomic E-state index is -0.293. The molecule has 164 valence electrons. The molecule has 1 aromatic heterocycles. The van der Waals surface area contributed by atoms with Gasteiger partial charge in [-0.15, -0.1) is 11.3 Å². The number of rotatable bonds is 5. The van der Waals surface area contributed by atoms with Crippen molar-refractivity contribution < 1.29 is 9.59 Å². The van der Waals surface area contributed by atoms with Gasteiger partial charge in [-0.1, -0.05) is 25.0 Å². The third kappa shape index (κ3) is 5.37. The van der Waals surface area contributed by atoms with Crippen LogP contribution in [0.5, 0.6) is 0 Å². The number of likely N-dealkylation sites (tertiary alicyclic amines) is 1. The van der Waals surface area contributed by atoms with Crippen molar-refractivity contribution in [3.63, 3.8) is 0 Å². The lowest BCUT2D eigenvalue weighted by Gasteiger charge is -2.24. The Hall–Kier alpha value is -2.58. The van der Waals surface area contributed by atoms with E-state index in [9.17, 15) is 9.59 Å². The highest BCUT2D eigenvalue weighted by atomic mass is 32.1. The molecule has 0 atom stereocenters. The maximum Gasteiger partial charge on any atom is 0.273 e. The molecular formula is C23H29N5O2S. The summed E-state index contributed by atoms with van der Waals surface area (Å²) in [7, 11) is 0. The summed E-state index contributed by atoms with van der Waals surface area (Å²) in [5.41, 5.74) is 4.05. The van der Waals surface area contributed by atoms with E-state index in [0.717, 1.165) is 42.1 Å². The molecule has 0 radical (unpaired) electrons. The molecule has 2 aliphatic heterocycles. The maximum atomic E-state index is 12.8. The number of carbonyl (C=O) groups is 2. The normalized spacial score (nSPS) is 17.9. The van der Waals surface area contributed by atoms with Crippen LogP contribution in [0.25, 0.3) is 0 Å². The Labute approximate surface area is 187 Å². The van der Waals surface area contributed by atoms with Gasteiger partial charge in [0.15, 0.2) is 5.13 Å². The number of nitrogens with zero attached hydrogens (tertiary/aromatic N) is 4. The molecule has 1 saturated heterocycles. The van der Waals surface area contributed by atoms with Crippen molar-refractivity contribution in [1.82, 2.24) is 9.88 Å². The molecule has 31 heavy (non-hydrogen) atoms. The molecule has 1 aromatic carbocycles. The Morgan fingerprint density at radius 3 is 2.68 bits per heavy atom. The summed E-state index contributed by atoms with van der Waals surface area (Å²) in [5.74, 6) is -0.391. The Morgan fingerprint density at radius 2 is 1.90 bits per heavy atom. The van der Waals surface area contributed by atoms with Gasteiger partial charge in [0.1, 0.15) is 5.71 Å². The van der Waals surface area contributed by atoms with E-state index in [0.29, 0.717) is 17.3 Å². The molecule has 2 aliphatic rings. The fourth-order valence-corrected chi connectivity index (χ4v) is 4.68. The van der Waals surface area contributed by atoms with Crippen molar-refractivity contribution >= 4 is 39.7 Å². The summed E-state index contributed by atoms with van der Waals surface area (Å²) in [6, 6.07) is 5.88. The molecule has 1 fully saturated rings. The third-order valence-electron chi connectivity index (χ3n) is 5.74. The molecule has 4 rings (SSSR count). The van der Waals surface area contributed by atoms with Gasteiger partial charge >= 0.3 is 0 Å². The molecule has 0 saturated carbocycles. The van der Waals surface area contributed by atoms with E-state index in [1.807, 2.05) is 37.4 Å². The summed E-state index contributed by atoms with van der Waals surface area (Å²) in [5, 5.41) is 11.2.